The van der Waals surface area contributed by atoms with E-state index >= 15 is 0 Å². The molecule has 0 unspecified atom stereocenters. The van der Waals surface area contributed by atoms with Gasteiger partial charge in [0.25, 0.3) is 5.69 Å². The number of halogens is 1. The average Bonchev–Trinajstić information content (AvgIpc) is 2.96. The molecule has 0 aliphatic carbocycles. The third-order valence-electron chi connectivity index (χ3n) is 3.40. The van der Waals surface area contributed by atoms with Crippen LogP contribution in [0.25, 0.3) is 6.08 Å². The molecule has 1 heterocycles. The Morgan fingerprint density at radius 3 is 2.76 bits per heavy atom. The summed E-state index contributed by atoms with van der Waals surface area (Å²) in [6.07, 6.45) is 1.57. The SMILES string of the molecule is COc1ccc(/C=C2\N=C(c3cccc([N+](=O)[O-])c3)OC2=O)cc1Br. The molecule has 2 aromatic carbocycles. The first kappa shape index (κ1) is 16.8. The van der Waals surface area contributed by atoms with Crippen LogP contribution in [0.2, 0.25) is 0 Å². The van der Waals surface area contributed by atoms with Crippen LogP contribution in [0.1, 0.15) is 11.1 Å². The molecule has 0 fully saturated rings. The fourth-order valence-corrected chi connectivity index (χ4v) is 2.77. The topological polar surface area (TPSA) is 91.0 Å². The molecule has 1 aliphatic heterocycles. The van der Waals surface area contributed by atoms with E-state index in [1.165, 1.54) is 18.2 Å². The second-order valence-corrected chi connectivity index (χ2v) is 5.89. The van der Waals surface area contributed by atoms with E-state index in [9.17, 15) is 14.9 Å². The van der Waals surface area contributed by atoms with Gasteiger partial charge in [0.2, 0.25) is 5.90 Å². The van der Waals surface area contributed by atoms with Gasteiger partial charge >= 0.3 is 5.97 Å². The summed E-state index contributed by atoms with van der Waals surface area (Å²) in [4.78, 5) is 26.5. The van der Waals surface area contributed by atoms with Gasteiger partial charge in [-0.1, -0.05) is 12.1 Å². The Morgan fingerprint density at radius 2 is 2.08 bits per heavy atom. The Bertz CT molecular complexity index is 936. The van der Waals surface area contributed by atoms with Crippen molar-refractivity contribution < 1.29 is 19.2 Å². The molecule has 0 atom stereocenters. The quantitative estimate of drug-likeness (QED) is 0.336. The van der Waals surface area contributed by atoms with Crippen LogP contribution in [0.4, 0.5) is 5.69 Å². The molecule has 25 heavy (non-hydrogen) atoms. The lowest BCUT2D eigenvalue weighted by Gasteiger charge is -2.03. The number of carbonyl (C=O) groups excluding carboxylic acids is 1. The molecule has 0 saturated heterocycles. The maximum Gasteiger partial charge on any atom is 0.363 e. The molecule has 0 saturated carbocycles. The van der Waals surface area contributed by atoms with Crippen molar-refractivity contribution in [1.29, 1.82) is 0 Å². The standard InChI is InChI=1S/C17H11BrN2O5/c1-24-15-6-5-10(7-13(15)18)8-14-17(21)25-16(19-14)11-3-2-4-12(9-11)20(22)23/h2-9H,1H3/b14-8-. The highest BCUT2D eigenvalue weighted by Gasteiger charge is 2.25. The maximum absolute atomic E-state index is 12.0. The van der Waals surface area contributed by atoms with Crippen LogP contribution < -0.4 is 4.74 Å². The number of nitro benzene ring substituents is 1. The fraction of sp³-hybridized carbons (Fsp3) is 0.0588. The monoisotopic (exact) mass is 402 g/mol. The number of nitrogens with zero attached hydrogens (tertiary/aromatic N) is 2. The van der Waals surface area contributed by atoms with Gasteiger partial charge in [0.15, 0.2) is 5.70 Å². The Labute approximate surface area is 150 Å². The Balaban J connectivity index is 1.93. The van der Waals surface area contributed by atoms with Crippen LogP contribution >= 0.6 is 15.9 Å². The zero-order valence-corrected chi connectivity index (χ0v) is 14.5. The number of esters is 1. The first-order chi connectivity index (χ1) is 12.0. The van der Waals surface area contributed by atoms with E-state index in [-0.39, 0.29) is 17.3 Å². The Kier molecular flexibility index (Phi) is 4.62. The molecule has 7 nitrogen and oxygen atoms in total. The van der Waals surface area contributed by atoms with Gasteiger partial charge in [0, 0.05) is 17.7 Å². The first-order valence-corrected chi connectivity index (χ1v) is 7.88. The van der Waals surface area contributed by atoms with Gasteiger partial charge in [0.1, 0.15) is 5.75 Å². The lowest BCUT2D eigenvalue weighted by molar-refractivity contribution is -0.384. The highest BCUT2D eigenvalue weighted by Crippen LogP contribution is 2.27. The van der Waals surface area contributed by atoms with Crippen LogP contribution in [0, 0.1) is 10.1 Å². The highest BCUT2D eigenvalue weighted by atomic mass is 79.9. The number of methoxy groups -OCH3 is 1. The van der Waals surface area contributed by atoms with Crippen LogP contribution in [0.15, 0.2) is 57.6 Å². The predicted octanol–water partition coefficient (Wildman–Crippen LogP) is 3.71. The van der Waals surface area contributed by atoms with Gasteiger partial charge in [-0.15, -0.1) is 0 Å². The number of cyclic esters (lactones) is 1. The normalized spacial score (nSPS) is 15.0. The molecule has 1 aliphatic rings. The van der Waals surface area contributed by atoms with Crippen molar-refractivity contribution in [3.8, 4) is 5.75 Å². The first-order valence-electron chi connectivity index (χ1n) is 7.09. The van der Waals surface area contributed by atoms with Crippen molar-refractivity contribution in [2.75, 3.05) is 7.11 Å². The smallest absolute Gasteiger partial charge is 0.363 e. The van der Waals surface area contributed by atoms with Gasteiger partial charge in [-0.25, -0.2) is 9.79 Å². The number of hydrogen-bond donors (Lipinski definition) is 0. The number of carbonyl (C=O) groups is 1. The van der Waals surface area contributed by atoms with Crippen LogP contribution in [0.5, 0.6) is 5.75 Å². The van der Waals surface area contributed by atoms with Gasteiger partial charge in [0.05, 0.1) is 16.5 Å². The van der Waals surface area contributed by atoms with Crippen LogP contribution in [0.3, 0.4) is 0 Å². The van der Waals surface area contributed by atoms with Crippen LogP contribution in [-0.2, 0) is 9.53 Å². The number of benzene rings is 2. The minimum atomic E-state index is -0.617. The fourth-order valence-electron chi connectivity index (χ4n) is 2.22. The van der Waals surface area contributed by atoms with E-state index in [1.807, 2.05) is 0 Å². The average molecular weight is 403 g/mol. The zero-order valence-electron chi connectivity index (χ0n) is 12.9. The van der Waals surface area contributed by atoms with E-state index in [4.69, 9.17) is 9.47 Å². The third kappa shape index (κ3) is 3.58. The van der Waals surface area contributed by atoms with Crippen molar-refractivity contribution in [2.45, 2.75) is 0 Å². The molecule has 8 heteroatoms. The summed E-state index contributed by atoms with van der Waals surface area (Å²) in [7, 11) is 1.56. The molecule has 0 N–H and O–H groups in total. The van der Waals surface area contributed by atoms with Gasteiger partial charge in [-0.3, -0.25) is 10.1 Å². The molecule has 0 aromatic heterocycles. The molecule has 0 spiro atoms. The second kappa shape index (κ2) is 6.86. The van der Waals surface area contributed by atoms with Crippen molar-refractivity contribution in [3.05, 3.63) is 73.9 Å². The Hall–Kier alpha value is -3.00. The molecular weight excluding hydrogens is 392 g/mol. The number of aliphatic imine (C=N–C) groups is 1. The summed E-state index contributed by atoms with van der Waals surface area (Å²) in [5, 5.41) is 10.9. The third-order valence-corrected chi connectivity index (χ3v) is 4.02. The number of non-ortho nitro benzene ring substituents is 1. The van der Waals surface area contributed by atoms with E-state index in [1.54, 1.807) is 37.5 Å². The van der Waals surface area contributed by atoms with Gasteiger partial charge in [-0.2, -0.15) is 0 Å². The molecule has 0 radical (unpaired) electrons. The summed E-state index contributed by atoms with van der Waals surface area (Å²) in [5.41, 5.74) is 1.09. The molecule has 126 valence electrons. The summed E-state index contributed by atoms with van der Waals surface area (Å²) in [6, 6.07) is 11.1. The maximum atomic E-state index is 12.0. The number of nitro groups is 1. The summed E-state index contributed by atoms with van der Waals surface area (Å²) in [5.74, 6) is 0.0814. The molecule has 0 amide bonds. The van der Waals surface area contributed by atoms with Crippen molar-refractivity contribution in [3.63, 3.8) is 0 Å². The van der Waals surface area contributed by atoms with Crippen LogP contribution in [-0.4, -0.2) is 23.9 Å². The zero-order chi connectivity index (χ0) is 18.0. The predicted molar refractivity (Wildman–Crippen MR) is 94.4 cm³/mol. The summed E-state index contributed by atoms with van der Waals surface area (Å²) < 4.78 is 11.0. The summed E-state index contributed by atoms with van der Waals surface area (Å²) >= 11 is 3.37. The highest BCUT2D eigenvalue weighted by molar-refractivity contribution is 9.10. The number of ether oxygens (including phenoxy) is 2. The lowest BCUT2D eigenvalue weighted by atomic mass is 10.2. The van der Waals surface area contributed by atoms with E-state index in [2.05, 4.69) is 20.9 Å². The van der Waals surface area contributed by atoms with Gasteiger partial charge in [-0.05, 0) is 45.8 Å². The Morgan fingerprint density at radius 1 is 1.28 bits per heavy atom. The molecule has 0 bridgehead atoms. The summed E-state index contributed by atoms with van der Waals surface area (Å²) in [6.45, 7) is 0. The van der Waals surface area contributed by atoms with Gasteiger partial charge < -0.3 is 9.47 Å². The second-order valence-electron chi connectivity index (χ2n) is 5.04. The van der Waals surface area contributed by atoms with Crippen molar-refractivity contribution in [1.82, 2.24) is 0 Å². The van der Waals surface area contributed by atoms with E-state index in [0.29, 0.717) is 11.3 Å². The molecule has 3 rings (SSSR count). The van der Waals surface area contributed by atoms with E-state index in [0.717, 1.165) is 10.0 Å². The number of hydrogen-bond acceptors (Lipinski definition) is 6. The molecule has 2 aromatic rings. The minimum Gasteiger partial charge on any atom is -0.496 e. The number of rotatable bonds is 4. The largest absolute Gasteiger partial charge is 0.496 e. The minimum absolute atomic E-state index is 0.0347. The van der Waals surface area contributed by atoms with E-state index < -0.39 is 10.9 Å². The lowest BCUT2D eigenvalue weighted by Crippen LogP contribution is -2.05. The van der Waals surface area contributed by atoms with Crippen molar-refractivity contribution >= 4 is 39.6 Å². The van der Waals surface area contributed by atoms with Crippen molar-refractivity contribution in [2.24, 2.45) is 4.99 Å². The molecular formula is C17H11BrN2O5.